The molecule has 0 spiro atoms. The molecular weight excluding hydrogens is 376 g/mol. The van der Waals surface area contributed by atoms with Crippen molar-refractivity contribution in [3.63, 3.8) is 0 Å². The van der Waals surface area contributed by atoms with Crippen molar-refractivity contribution in [2.75, 3.05) is 5.75 Å². The standard InChI is InChI=1S/C25H26N2OS/c1-3-29-23-16-15-21(27-23)24(18-7-5-4-6-8-18)20-13-14-22(26-20)25(28)19-11-9-17(2)10-12-19/h4-16,24-28H,3H2,1-2H3. The molecule has 4 aromatic rings. The van der Waals surface area contributed by atoms with E-state index in [1.165, 1.54) is 16.2 Å². The number of hydrogen-bond donors (Lipinski definition) is 3. The second-order valence-electron chi connectivity index (χ2n) is 7.24. The van der Waals surface area contributed by atoms with E-state index < -0.39 is 6.10 Å². The first-order valence-electron chi connectivity index (χ1n) is 9.95. The minimum absolute atomic E-state index is 0.0568. The lowest BCUT2D eigenvalue weighted by atomic mass is 9.93. The quantitative estimate of drug-likeness (QED) is 0.331. The van der Waals surface area contributed by atoms with Gasteiger partial charge < -0.3 is 15.1 Å². The molecule has 148 valence electrons. The maximum absolute atomic E-state index is 10.9. The number of aryl methyl sites for hydroxylation is 1. The van der Waals surface area contributed by atoms with Crippen molar-refractivity contribution < 1.29 is 5.11 Å². The van der Waals surface area contributed by atoms with Crippen LogP contribution in [0.1, 0.15) is 52.7 Å². The maximum atomic E-state index is 10.9. The van der Waals surface area contributed by atoms with Gasteiger partial charge in [0.25, 0.3) is 0 Å². The Labute approximate surface area is 176 Å². The maximum Gasteiger partial charge on any atom is 0.119 e. The van der Waals surface area contributed by atoms with Crippen LogP contribution in [0.2, 0.25) is 0 Å². The lowest BCUT2D eigenvalue weighted by Crippen LogP contribution is -2.06. The molecular formula is C25H26N2OS. The van der Waals surface area contributed by atoms with Crippen molar-refractivity contribution in [1.29, 1.82) is 0 Å². The highest BCUT2D eigenvalue weighted by atomic mass is 32.2. The normalized spacial score (nSPS) is 13.3. The Balaban J connectivity index is 1.69. The van der Waals surface area contributed by atoms with Gasteiger partial charge in [-0.1, -0.05) is 67.1 Å². The molecule has 0 radical (unpaired) electrons. The molecule has 0 aliphatic rings. The van der Waals surface area contributed by atoms with Gasteiger partial charge in [0.2, 0.25) is 0 Å². The summed E-state index contributed by atoms with van der Waals surface area (Å²) in [6.45, 7) is 4.21. The van der Waals surface area contributed by atoms with Crippen LogP contribution < -0.4 is 0 Å². The topological polar surface area (TPSA) is 51.8 Å². The summed E-state index contributed by atoms with van der Waals surface area (Å²) in [4.78, 5) is 7.06. The first kappa shape index (κ1) is 19.6. The fraction of sp³-hybridized carbons (Fsp3) is 0.200. The minimum atomic E-state index is -0.671. The predicted octanol–water partition coefficient (Wildman–Crippen LogP) is 6.03. The number of aromatic amines is 2. The van der Waals surface area contributed by atoms with Gasteiger partial charge in [-0.3, -0.25) is 0 Å². The van der Waals surface area contributed by atoms with E-state index in [1.807, 2.05) is 36.4 Å². The highest BCUT2D eigenvalue weighted by molar-refractivity contribution is 7.99. The number of hydrogen-bond acceptors (Lipinski definition) is 2. The molecule has 3 nitrogen and oxygen atoms in total. The molecule has 2 aromatic heterocycles. The number of thioether (sulfide) groups is 1. The first-order chi connectivity index (χ1) is 14.2. The molecule has 2 unspecified atom stereocenters. The van der Waals surface area contributed by atoms with Crippen molar-refractivity contribution >= 4 is 11.8 Å². The van der Waals surface area contributed by atoms with Crippen molar-refractivity contribution in [3.05, 3.63) is 113 Å². The van der Waals surface area contributed by atoms with Crippen LogP contribution in [0.3, 0.4) is 0 Å². The molecule has 4 rings (SSSR count). The third kappa shape index (κ3) is 4.34. The largest absolute Gasteiger partial charge is 0.382 e. The van der Waals surface area contributed by atoms with Crippen LogP contribution in [0.25, 0.3) is 0 Å². The summed E-state index contributed by atoms with van der Waals surface area (Å²) in [5, 5.41) is 12.0. The predicted molar refractivity (Wildman–Crippen MR) is 121 cm³/mol. The SMILES string of the molecule is CCSc1ccc(C(c2ccccc2)c2ccc(C(O)c3ccc(C)cc3)[nH]2)[nH]1. The number of rotatable bonds is 7. The summed E-state index contributed by atoms with van der Waals surface area (Å²) >= 11 is 1.81. The number of nitrogens with one attached hydrogen (secondary N) is 2. The third-order valence-corrected chi connectivity index (χ3v) is 5.99. The summed E-state index contributed by atoms with van der Waals surface area (Å²) in [7, 11) is 0. The molecule has 2 aromatic carbocycles. The Morgan fingerprint density at radius 2 is 1.41 bits per heavy atom. The Morgan fingerprint density at radius 3 is 2.14 bits per heavy atom. The molecule has 0 saturated carbocycles. The highest BCUT2D eigenvalue weighted by Crippen LogP contribution is 2.33. The Morgan fingerprint density at radius 1 is 0.759 bits per heavy atom. The van der Waals surface area contributed by atoms with Gasteiger partial charge in [0.1, 0.15) is 6.10 Å². The van der Waals surface area contributed by atoms with Crippen LogP contribution in [-0.2, 0) is 0 Å². The molecule has 4 heteroatoms. The van der Waals surface area contributed by atoms with Gasteiger partial charge in [-0.2, -0.15) is 0 Å². The van der Waals surface area contributed by atoms with Crippen LogP contribution in [0.4, 0.5) is 0 Å². The average Bonchev–Trinajstić information content (AvgIpc) is 3.40. The molecule has 0 aliphatic heterocycles. The van der Waals surface area contributed by atoms with Crippen LogP contribution >= 0.6 is 11.8 Å². The number of aliphatic hydroxyl groups is 1. The second kappa shape index (κ2) is 8.76. The van der Waals surface area contributed by atoms with Crippen LogP contribution in [0.5, 0.6) is 0 Å². The fourth-order valence-electron chi connectivity index (χ4n) is 3.66. The Kier molecular flexibility index (Phi) is 5.93. The summed E-state index contributed by atoms with van der Waals surface area (Å²) in [5.41, 5.74) is 6.30. The van der Waals surface area contributed by atoms with E-state index in [2.05, 4.69) is 66.3 Å². The lowest BCUT2D eigenvalue weighted by Gasteiger charge is -2.16. The Hall–Kier alpha value is -2.69. The molecule has 0 fully saturated rings. The van der Waals surface area contributed by atoms with Crippen LogP contribution in [0, 0.1) is 6.92 Å². The first-order valence-corrected chi connectivity index (χ1v) is 10.9. The molecule has 0 aliphatic carbocycles. The van der Waals surface area contributed by atoms with E-state index in [1.54, 1.807) is 11.8 Å². The molecule has 29 heavy (non-hydrogen) atoms. The van der Waals surface area contributed by atoms with Gasteiger partial charge in [0.05, 0.1) is 10.9 Å². The fourth-order valence-corrected chi connectivity index (χ4v) is 4.32. The van der Waals surface area contributed by atoms with E-state index in [0.717, 1.165) is 28.4 Å². The van der Waals surface area contributed by atoms with E-state index in [-0.39, 0.29) is 5.92 Å². The van der Waals surface area contributed by atoms with Gasteiger partial charge in [-0.05, 0) is 48.1 Å². The summed E-state index contributed by atoms with van der Waals surface area (Å²) in [5.74, 6) is 1.09. The van der Waals surface area contributed by atoms with Gasteiger partial charge in [-0.15, -0.1) is 11.8 Å². The minimum Gasteiger partial charge on any atom is -0.382 e. The van der Waals surface area contributed by atoms with E-state index in [9.17, 15) is 5.11 Å². The highest BCUT2D eigenvalue weighted by Gasteiger charge is 2.22. The Bertz CT molecular complexity index is 1050. The molecule has 3 N–H and O–H groups in total. The molecule has 2 heterocycles. The summed E-state index contributed by atoms with van der Waals surface area (Å²) in [6.07, 6.45) is -0.671. The van der Waals surface area contributed by atoms with Gasteiger partial charge >= 0.3 is 0 Å². The smallest absolute Gasteiger partial charge is 0.119 e. The number of aliphatic hydroxyl groups excluding tert-OH is 1. The van der Waals surface area contributed by atoms with Crippen molar-refractivity contribution in [2.45, 2.75) is 30.9 Å². The molecule has 2 atom stereocenters. The summed E-state index contributed by atoms with van der Waals surface area (Å²) in [6, 6.07) is 26.9. The number of H-pyrrole nitrogens is 2. The zero-order valence-electron chi connectivity index (χ0n) is 16.7. The van der Waals surface area contributed by atoms with Crippen molar-refractivity contribution in [1.82, 2.24) is 9.97 Å². The number of benzene rings is 2. The zero-order chi connectivity index (χ0) is 20.2. The van der Waals surface area contributed by atoms with Crippen molar-refractivity contribution in [3.8, 4) is 0 Å². The van der Waals surface area contributed by atoms with E-state index >= 15 is 0 Å². The average molecular weight is 403 g/mol. The van der Waals surface area contributed by atoms with Crippen LogP contribution in [-0.4, -0.2) is 20.8 Å². The van der Waals surface area contributed by atoms with Gasteiger partial charge in [0, 0.05) is 17.1 Å². The molecule has 0 amide bonds. The monoisotopic (exact) mass is 402 g/mol. The van der Waals surface area contributed by atoms with Crippen LogP contribution in [0.15, 0.2) is 83.9 Å². The van der Waals surface area contributed by atoms with Gasteiger partial charge in [-0.25, -0.2) is 0 Å². The second-order valence-corrected chi connectivity index (χ2v) is 8.54. The van der Waals surface area contributed by atoms with Crippen molar-refractivity contribution in [2.24, 2.45) is 0 Å². The molecule has 0 bridgehead atoms. The van der Waals surface area contributed by atoms with E-state index in [0.29, 0.717) is 0 Å². The third-order valence-electron chi connectivity index (χ3n) is 5.16. The molecule has 0 saturated heterocycles. The zero-order valence-corrected chi connectivity index (χ0v) is 17.5. The lowest BCUT2D eigenvalue weighted by molar-refractivity contribution is 0.216. The van der Waals surface area contributed by atoms with E-state index in [4.69, 9.17) is 0 Å². The number of aromatic nitrogens is 2. The summed E-state index contributed by atoms with van der Waals surface area (Å²) < 4.78 is 0. The van der Waals surface area contributed by atoms with Gasteiger partial charge in [0.15, 0.2) is 0 Å².